The molecule has 2 N–H and O–H groups in total. The number of carbonyl (C=O) groups excluding carboxylic acids is 1. The van der Waals surface area contributed by atoms with Gasteiger partial charge >= 0.3 is 0 Å². The van der Waals surface area contributed by atoms with Crippen molar-refractivity contribution in [3.8, 4) is 6.07 Å². The molecule has 3 rings (SSSR count). The van der Waals surface area contributed by atoms with Gasteiger partial charge in [0.25, 0.3) is 0 Å². The maximum atomic E-state index is 12.6. The van der Waals surface area contributed by atoms with E-state index in [1.807, 2.05) is 61.7 Å². The van der Waals surface area contributed by atoms with Gasteiger partial charge in [-0.2, -0.15) is 5.26 Å². The summed E-state index contributed by atoms with van der Waals surface area (Å²) >= 11 is 5.92. The number of hydrogen-bond acceptors (Lipinski definition) is 4. The van der Waals surface area contributed by atoms with Gasteiger partial charge in [0, 0.05) is 16.8 Å². The highest BCUT2D eigenvalue weighted by atomic mass is 35.5. The summed E-state index contributed by atoms with van der Waals surface area (Å²) in [5.74, 6) is 1.02. The van der Waals surface area contributed by atoms with Crippen LogP contribution in [-0.4, -0.2) is 17.0 Å². The van der Waals surface area contributed by atoms with Crippen molar-refractivity contribution in [3.05, 3.63) is 75.8 Å². The molecule has 7 heteroatoms. The van der Waals surface area contributed by atoms with E-state index in [-0.39, 0.29) is 18.5 Å². The molecular formula is C22H23ClN4O2. The molecule has 3 aromatic rings. The van der Waals surface area contributed by atoms with E-state index >= 15 is 0 Å². The van der Waals surface area contributed by atoms with Crippen LogP contribution in [-0.2, 0) is 11.3 Å². The van der Waals surface area contributed by atoms with Crippen LogP contribution in [0.15, 0.2) is 47.1 Å². The Labute approximate surface area is 175 Å². The highest BCUT2D eigenvalue weighted by Gasteiger charge is 2.20. The van der Waals surface area contributed by atoms with Gasteiger partial charge in [-0.3, -0.25) is 4.79 Å². The van der Waals surface area contributed by atoms with Gasteiger partial charge in [0.05, 0.1) is 24.9 Å². The minimum atomic E-state index is -0.222. The number of nitrogens with zero attached hydrogens (tertiary/aromatic N) is 2. The van der Waals surface area contributed by atoms with Crippen LogP contribution in [0.25, 0.3) is 0 Å². The monoisotopic (exact) mass is 410 g/mol. The molecule has 0 unspecified atom stereocenters. The summed E-state index contributed by atoms with van der Waals surface area (Å²) < 4.78 is 7.33. The molecule has 0 fully saturated rings. The van der Waals surface area contributed by atoms with Crippen molar-refractivity contribution >= 4 is 23.3 Å². The standard InChI is InChI=1S/C22H23ClN4O2/c1-14-16(3)27(13-19-5-4-10-29-19)22(20(14)11-24)26-21(28)12-25-15(2)17-6-8-18(23)9-7-17/h4-10,15,25H,12-13H2,1-3H3,(H,26,28)/t15-/m1/s1. The van der Waals surface area contributed by atoms with Crippen LogP contribution >= 0.6 is 11.6 Å². The van der Waals surface area contributed by atoms with Crippen LogP contribution in [0.1, 0.15) is 41.1 Å². The second-order valence-corrected chi connectivity index (χ2v) is 7.35. The molecule has 1 aromatic carbocycles. The third-order valence-corrected chi connectivity index (χ3v) is 5.28. The number of furan rings is 1. The zero-order chi connectivity index (χ0) is 21.0. The first-order chi connectivity index (χ1) is 13.9. The second-order valence-electron chi connectivity index (χ2n) is 6.91. The minimum absolute atomic E-state index is 0.0215. The summed E-state index contributed by atoms with van der Waals surface area (Å²) in [4.78, 5) is 12.6. The molecule has 0 bridgehead atoms. The summed E-state index contributed by atoms with van der Waals surface area (Å²) in [5.41, 5.74) is 3.26. The molecule has 0 radical (unpaired) electrons. The molecule has 6 nitrogen and oxygen atoms in total. The lowest BCUT2D eigenvalue weighted by Crippen LogP contribution is -2.31. The first kappa shape index (κ1) is 20.7. The average Bonchev–Trinajstić information content (AvgIpc) is 3.30. The molecule has 0 saturated carbocycles. The Morgan fingerprint density at radius 3 is 2.62 bits per heavy atom. The molecule has 0 aliphatic heterocycles. The lowest BCUT2D eigenvalue weighted by Gasteiger charge is -2.15. The largest absolute Gasteiger partial charge is 0.467 e. The number of benzene rings is 1. The molecule has 29 heavy (non-hydrogen) atoms. The van der Waals surface area contributed by atoms with E-state index in [4.69, 9.17) is 16.0 Å². The van der Waals surface area contributed by atoms with Crippen LogP contribution in [0.2, 0.25) is 5.02 Å². The van der Waals surface area contributed by atoms with E-state index in [2.05, 4.69) is 16.7 Å². The summed E-state index contributed by atoms with van der Waals surface area (Å²) in [6, 6.07) is 13.3. The van der Waals surface area contributed by atoms with Gasteiger partial charge in [-0.05, 0) is 56.2 Å². The normalized spacial score (nSPS) is 11.8. The Hall–Kier alpha value is -3.01. The average molecular weight is 411 g/mol. The fourth-order valence-corrected chi connectivity index (χ4v) is 3.30. The lowest BCUT2D eigenvalue weighted by molar-refractivity contribution is -0.115. The molecule has 1 amide bonds. The van der Waals surface area contributed by atoms with Crippen molar-refractivity contribution in [2.45, 2.75) is 33.4 Å². The predicted octanol–water partition coefficient (Wildman–Crippen LogP) is 4.56. The Kier molecular flexibility index (Phi) is 6.42. The zero-order valence-corrected chi connectivity index (χ0v) is 17.4. The predicted molar refractivity (Wildman–Crippen MR) is 113 cm³/mol. The highest BCUT2D eigenvalue weighted by molar-refractivity contribution is 6.30. The fourth-order valence-electron chi connectivity index (χ4n) is 3.18. The number of amides is 1. The summed E-state index contributed by atoms with van der Waals surface area (Å²) in [5, 5.41) is 16.4. The van der Waals surface area contributed by atoms with Crippen molar-refractivity contribution in [1.29, 1.82) is 5.26 Å². The molecule has 0 aliphatic rings. The third-order valence-electron chi connectivity index (χ3n) is 5.03. The Balaban J connectivity index is 1.73. The van der Waals surface area contributed by atoms with Gasteiger partial charge < -0.3 is 19.6 Å². The zero-order valence-electron chi connectivity index (χ0n) is 16.6. The molecule has 2 heterocycles. The summed E-state index contributed by atoms with van der Waals surface area (Å²) in [6.45, 7) is 6.33. The van der Waals surface area contributed by atoms with Crippen molar-refractivity contribution in [2.24, 2.45) is 0 Å². The topological polar surface area (TPSA) is 83.0 Å². The van der Waals surface area contributed by atoms with E-state index in [9.17, 15) is 10.1 Å². The summed E-state index contributed by atoms with van der Waals surface area (Å²) in [7, 11) is 0. The number of aromatic nitrogens is 1. The van der Waals surface area contributed by atoms with Crippen LogP contribution in [0.4, 0.5) is 5.82 Å². The molecule has 0 aliphatic carbocycles. The molecule has 0 saturated heterocycles. The van der Waals surface area contributed by atoms with Crippen molar-refractivity contribution < 1.29 is 9.21 Å². The van der Waals surface area contributed by atoms with Crippen molar-refractivity contribution in [1.82, 2.24) is 9.88 Å². The first-order valence-corrected chi connectivity index (χ1v) is 9.69. The molecular weight excluding hydrogens is 388 g/mol. The Morgan fingerprint density at radius 2 is 2.00 bits per heavy atom. The SMILES string of the molecule is Cc1c(C#N)c(NC(=O)CN[C@H](C)c2ccc(Cl)cc2)n(Cc2ccco2)c1C. The first-order valence-electron chi connectivity index (χ1n) is 9.31. The lowest BCUT2D eigenvalue weighted by atomic mass is 10.1. The number of nitrogens with one attached hydrogen (secondary N) is 2. The quantitative estimate of drug-likeness (QED) is 0.598. The maximum absolute atomic E-state index is 12.6. The van der Waals surface area contributed by atoms with Gasteiger partial charge in [0.2, 0.25) is 5.91 Å². The number of anilines is 1. The molecule has 0 spiro atoms. The van der Waals surface area contributed by atoms with Crippen molar-refractivity contribution in [2.75, 3.05) is 11.9 Å². The molecule has 1 atom stereocenters. The summed E-state index contributed by atoms with van der Waals surface area (Å²) in [6.07, 6.45) is 1.60. The van der Waals surface area contributed by atoms with E-state index < -0.39 is 0 Å². The molecule has 150 valence electrons. The minimum Gasteiger partial charge on any atom is -0.467 e. The number of hydrogen-bond donors (Lipinski definition) is 2. The van der Waals surface area contributed by atoms with Crippen LogP contribution in [0.3, 0.4) is 0 Å². The van der Waals surface area contributed by atoms with Crippen molar-refractivity contribution in [3.63, 3.8) is 0 Å². The van der Waals surface area contributed by atoms with Gasteiger partial charge in [0.15, 0.2) is 0 Å². The Bertz CT molecular complexity index is 1030. The van der Waals surface area contributed by atoms with Crippen LogP contribution in [0.5, 0.6) is 0 Å². The van der Waals surface area contributed by atoms with Gasteiger partial charge in [-0.1, -0.05) is 23.7 Å². The smallest absolute Gasteiger partial charge is 0.239 e. The van der Waals surface area contributed by atoms with Crippen LogP contribution < -0.4 is 10.6 Å². The number of carbonyl (C=O) groups is 1. The van der Waals surface area contributed by atoms with E-state index in [1.54, 1.807) is 6.26 Å². The fraction of sp³-hybridized carbons (Fsp3) is 0.273. The van der Waals surface area contributed by atoms with Gasteiger partial charge in [0.1, 0.15) is 17.6 Å². The maximum Gasteiger partial charge on any atom is 0.239 e. The van der Waals surface area contributed by atoms with Gasteiger partial charge in [-0.25, -0.2) is 0 Å². The van der Waals surface area contributed by atoms with E-state index in [1.165, 1.54) is 0 Å². The van der Waals surface area contributed by atoms with Gasteiger partial charge in [-0.15, -0.1) is 0 Å². The highest BCUT2D eigenvalue weighted by Crippen LogP contribution is 2.27. The van der Waals surface area contributed by atoms with Crippen LogP contribution in [0, 0.1) is 25.2 Å². The second kappa shape index (κ2) is 8.99. The number of nitriles is 1. The van der Waals surface area contributed by atoms with E-state index in [0.717, 1.165) is 22.6 Å². The third kappa shape index (κ3) is 4.70. The number of rotatable bonds is 7. The number of halogens is 1. The Morgan fingerprint density at radius 1 is 1.28 bits per heavy atom. The van der Waals surface area contributed by atoms with E-state index in [0.29, 0.717) is 22.9 Å². The molecule has 2 aromatic heterocycles.